The number of aliphatic imine (C=N–C) groups is 1. The zero-order chi connectivity index (χ0) is 29.3. The van der Waals surface area contributed by atoms with Crippen molar-refractivity contribution in [3.8, 4) is 0 Å². The van der Waals surface area contributed by atoms with Gasteiger partial charge in [-0.3, -0.25) is 20.0 Å². The van der Waals surface area contributed by atoms with E-state index in [-0.39, 0.29) is 30.5 Å². The maximum atomic E-state index is 13.9. The number of nitrogens with zero attached hydrogens (tertiary/aromatic N) is 2. The van der Waals surface area contributed by atoms with E-state index in [0.29, 0.717) is 29.2 Å². The molecule has 2 amide bonds. The Hall–Kier alpha value is -3.65. The van der Waals surface area contributed by atoms with Crippen molar-refractivity contribution in [2.24, 2.45) is 4.99 Å². The molecule has 0 saturated heterocycles. The van der Waals surface area contributed by atoms with E-state index < -0.39 is 5.54 Å². The molecule has 0 aliphatic heterocycles. The van der Waals surface area contributed by atoms with Crippen LogP contribution in [-0.4, -0.2) is 52.1 Å². The Balaban J connectivity index is 2.47. The van der Waals surface area contributed by atoms with E-state index in [1.54, 1.807) is 18.2 Å². The normalized spacial score (nSPS) is 12.3. The maximum absolute atomic E-state index is 13.9. The molecule has 2 aromatic carbocycles. The van der Waals surface area contributed by atoms with Crippen molar-refractivity contribution in [2.45, 2.75) is 86.4 Å². The van der Waals surface area contributed by atoms with Gasteiger partial charge in [-0.2, -0.15) is 0 Å². The second-order valence-electron chi connectivity index (χ2n) is 11.1. The molecule has 8 nitrogen and oxygen atoms in total. The Morgan fingerprint density at radius 3 is 2.36 bits per heavy atom. The van der Waals surface area contributed by atoms with E-state index in [2.05, 4.69) is 21.1 Å². The first kappa shape index (κ1) is 31.6. The summed E-state index contributed by atoms with van der Waals surface area (Å²) in [5, 5.41) is 17.6. The molecule has 8 heteroatoms. The molecule has 0 aromatic heterocycles. The predicted molar refractivity (Wildman–Crippen MR) is 161 cm³/mol. The number of hydrazine groups is 1. The molecule has 0 spiro atoms. The third-order valence-electron chi connectivity index (χ3n) is 5.86. The van der Waals surface area contributed by atoms with Gasteiger partial charge in [0, 0.05) is 35.5 Å². The number of rotatable bonds is 8. The minimum Gasteiger partial charge on any atom is -0.396 e. The zero-order valence-electron chi connectivity index (χ0n) is 24.8. The van der Waals surface area contributed by atoms with Crippen molar-refractivity contribution in [3.05, 3.63) is 70.3 Å². The van der Waals surface area contributed by atoms with Gasteiger partial charge in [-0.25, -0.2) is 5.01 Å². The van der Waals surface area contributed by atoms with Crippen molar-refractivity contribution in [3.63, 3.8) is 0 Å². The molecule has 2 rings (SSSR count). The molecule has 0 saturated carbocycles. The summed E-state index contributed by atoms with van der Waals surface area (Å²) in [6.45, 7) is 17.4. The molecule has 0 aliphatic rings. The number of allylic oxidation sites excluding steroid dienone is 1. The topological polar surface area (TPSA) is 106 Å². The lowest BCUT2D eigenvalue weighted by molar-refractivity contribution is 0.0358. The summed E-state index contributed by atoms with van der Waals surface area (Å²) >= 11 is 0. The number of benzene rings is 2. The van der Waals surface area contributed by atoms with Crippen LogP contribution >= 0.6 is 0 Å². The number of anilines is 1. The van der Waals surface area contributed by atoms with Crippen LogP contribution < -0.4 is 16.1 Å². The predicted octanol–water partition coefficient (Wildman–Crippen LogP) is 5.32. The number of hydrogen-bond donors (Lipinski definition) is 4. The van der Waals surface area contributed by atoms with Gasteiger partial charge >= 0.3 is 0 Å². The van der Waals surface area contributed by atoms with Gasteiger partial charge in [-0.05, 0) is 104 Å². The van der Waals surface area contributed by atoms with Crippen molar-refractivity contribution in [1.29, 1.82) is 0 Å². The fourth-order valence-corrected chi connectivity index (χ4v) is 4.00. The lowest BCUT2D eigenvalue weighted by Gasteiger charge is -2.36. The van der Waals surface area contributed by atoms with Gasteiger partial charge in [-0.15, -0.1) is 0 Å². The number of aliphatic hydroxyl groups is 1. The fourth-order valence-electron chi connectivity index (χ4n) is 4.00. The monoisotopic (exact) mass is 535 g/mol. The Morgan fingerprint density at radius 1 is 1.10 bits per heavy atom. The average molecular weight is 536 g/mol. The van der Waals surface area contributed by atoms with Crippen LogP contribution in [-0.2, 0) is 6.42 Å². The summed E-state index contributed by atoms with van der Waals surface area (Å²) in [7, 11) is 0. The second kappa shape index (κ2) is 13.9. The lowest BCUT2D eigenvalue weighted by Crippen LogP contribution is -2.56. The van der Waals surface area contributed by atoms with Crippen LogP contribution in [0.2, 0.25) is 0 Å². The molecule has 4 N–H and O–H groups in total. The molecule has 0 aliphatic carbocycles. The van der Waals surface area contributed by atoms with E-state index in [1.807, 2.05) is 92.7 Å². The number of guanidine groups is 1. The molecule has 2 aromatic rings. The van der Waals surface area contributed by atoms with Crippen molar-refractivity contribution in [1.82, 2.24) is 15.8 Å². The van der Waals surface area contributed by atoms with E-state index in [4.69, 9.17) is 0 Å². The average Bonchev–Trinajstić information content (AvgIpc) is 2.83. The minimum absolute atomic E-state index is 0.0357. The quantitative estimate of drug-likeness (QED) is 0.208. The molecular weight excluding hydrogens is 490 g/mol. The third kappa shape index (κ3) is 8.96. The molecule has 212 valence electrons. The number of nitrogens with one attached hydrogen (secondary N) is 3. The Morgan fingerprint density at radius 2 is 1.79 bits per heavy atom. The molecule has 39 heavy (non-hydrogen) atoms. The van der Waals surface area contributed by atoms with Crippen LogP contribution in [0.1, 0.15) is 92.8 Å². The number of hydrogen-bond acceptors (Lipinski definition) is 4. The Labute approximate surface area is 233 Å². The largest absolute Gasteiger partial charge is 0.396 e. The van der Waals surface area contributed by atoms with Crippen molar-refractivity contribution < 1.29 is 14.7 Å². The van der Waals surface area contributed by atoms with Crippen LogP contribution in [0, 0.1) is 6.92 Å². The Kier molecular flexibility index (Phi) is 11.3. The highest BCUT2D eigenvalue weighted by Crippen LogP contribution is 2.23. The molecular formula is C31H45N5O3. The highest BCUT2D eigenvalue weighted by Gasteiger charge is 2.30. The van der Waals surface area contributed by atoms with E-state index in [9.17, 15) is 14.7 Å². The number of aliphatic hydroxyl groups excluding tert-OH is 1. The smallest absolute Gasteiger partial charge is 0.272 e. The van der Waals surface area contributed by atoms with Gasteiger partial charge in [0.1, 0.15) is 0 Å². The maximum Gasteiger partial charge on any atom is 0.272 e. The minimum atomic E-state index is -0.706. The third-order valence-corrected chi connectivity index (χ3v) is 5.86. The summed E-state index contributed by atoms with van der Waals surface area (Å²) in [5.74, 6) is -0.123. The number of carbonyl (C=O) groups is 2. The summed E-state index contributed by atoms with van der Waals surface area (Å²) in [6, 6.07) is 11.0. The standard InChI is InChI=1S/C31H45N5O3/c1-10-12-23-13-11-14-26(22(23)6)28(38)35-36(31(7,8)9)29(39)25-16-15-24(17-18-37)27(19-25)34-30(32-20(2)3)33-21(4)5/h10-16,19-21,37H,17-18H2,1-9H3,(H,35,38)(H2,32,33,34)/b12-10-. The molecule has 0 radical (unpaired) electrons. The van der Waals surface area contributed by atoms with Gasteiger partial charge in [0.2, 0.25) is 0 Å². The number of carbonyl (C=O) groups excluding carboxylic acids is 2. The molecule has 0 bridgehead atoms. The van der Waals surface area contributed by atoms with Gasteiger partial charge in [0.05, 0.1) is 5.54 Å². The first-order valence-electron chi connectivity index (χ1n) is 13.5. The van der Waals surface area contributed by atoms with Gasteiger partial charge in [-0.1, -0.05) is 30.4 Å². The molecule has 0 unspecified atom stereocenters. The van der Waals surface area contributed by atoms with Crippen LogP contribution in [0.5, 0.6) is 0 Å². The Bertz CT molecular complexity index is 1210. The summed E-state index contributed by atoms with van der Waals surface area (Å²) < 4.78 is 0. The molecule has 0 fully saturated rings. The zero-order valence-corrected chi connectivity index (χ0v) is 24.8. The van der Waals surface area contributed by atoms with Crippen LogP contribution in [0.25, 0.3) is 6.08 Å². The van der Waals surface area contributed by atoms with Crippen LogP contribution in [0.15, 0.2) is 47.5 Å². The van der Waals surface area contributed by atoms with Crippen molar-refractivity contribution >= 4 is 29.5 Å². The summed E-state index contributed by atoms with van der Waals surface area (Å²) in [4.78, 5) is 31.9. The van der Waals surface area contributed by atoms with Crippen LogP contribution in [0.3, 0.4) is 0 Å². The van der Waals surface area contributed by atoms with Crippen molar-refractivity contribution in [2.75, 3.05) is 11.9 Å². The molecule has 0 atom stereocenters. The summed E-state index contributed by atoms with van der Waals surface area (Å²) in [5.41, 5.74) is 6.34. The van der Waals surface area contributed by atoms with Gasteiger partial charge in [0.25, 0.3) is 11.8 Å². The first-order valence-corrected chi connectivity index (χ1v) is 13.5. The van der Waals surface area contributed by atoms with E-state index >= 15 is 0 Å². The SMILES string of the molecule is C/C=C\c1cccc(C(=O)NN(C(=O)c2ccc(CCO)c(NC(=NC(C)C)NC(C)C)c2)C(C)(C)C)c1C. The lowest BCUT2D eigenvalue weighted by atomic mass is 10.0. The highest BCUT2D eigenvalue weighted by molar-refractivity contribution is 6.02. The van der Waals surface area contributed by atoms with E-state index in [0.717, 1.165) is 16.7 Å². The van der Waals surface area contributed by atoms with Gasteiger partial charge in [0.15, 0.2) is 5.96 Å². The number of amides is 2. The summed E-state index contributed by atoms with van der Waals surface area (Å²) in [6.07, 6.45) is 4.29. The molecule has 0 heterocycles. The van der Waals surface area contributed by atoms with E-state index in [1.165, 1.54) is 5.01 Å². The first-order chi connectivity index (χ1) is 18.3. The van der Waals surface area contributed by atoms with Crippen LogP contribution in [0.4, 0.5) is 5.69 Å². The fraction of sp³-hybridized carbons (Fsp3) is 0.452. The highest BCUT2D eigenvalue weighted by atomic mass is 16.3. The second-order valence-corrected chi connectivity index (χ2v) is 11.1. The van der Waals surface area contributed by atoms with Gasteiger partial charge < -0.3 is 15.7 Å².